The molecule has 2 unspecified atom stereocenters. The van der Waals surface area contributed by atoms with Crippen LogP contribution in [0.3, 0.4) is 0 Å². The molecule has 106 valence electrons. The fraction of sp³-hybridized carbons (Fsp3) is 0.600. The molecule has 1 aromatic carbocycles. The largest absolute Gasteiger partial charge is 0.313 e. The van der Waals surface area contributed by atoms with Crippen molar-refractivity contribution in [1.82, 2.24) is 5.32 Å². The van der Waals surface area contributed by atoms with Gasteiger partial charge in [-0.2, -0.15) is 0 Å². The molecule has 1 aliphatic rings. The molecule has 0 amide bonds. The number of halogens is 2. The average Bonchev–Trinajstić information content (AvgIpc) is 2.39. The summed E-state index contributed by atoms with van der Waals surface area (Å²) in [6, 6.07) is 6.56. The van der Waals surface area contributed by atoms with Gasteiger partial charge in [-0.1, -0.05) is 43.0 Å². The molecule has 19 heavy (non-hydrogen) atoms. The molecule has 1 N–H and O–H groups in total. The summed E-state index contributed by atoms with van der Waals surface area (Å²) in [6.45, 7) is 3.42. The van der Waals surface area contributed by atoms with E-state index in [-0.39, 0.29) is 0 Å². The van der Waals surface area contributed by atoms with Gasteiger partial charge in [0, 0.05) is 23.2 Å². The Kier molecular flexibility index (Phi) is 6.34. The first-order chi connectivity index (χ1) is 9.15. The zero-order chi connectivity index (χ0) is 13.7. The summed E-state index contributed by atoms with van der Waals surface area (Å²) >= 11 is 13.7. The maximum atomic E-state index is 6.00. The van der Waals surface area contributed by atoms with Gasteiger partial charge in [-0.3, -0.25) is 0 Å². The Labute approximate surface area is 130 Å². The van der Waals surface area contributed by atoms with E-state index in [0.717, 1.165) is 24.3 Å². The predicted octanol–water partition coefficient (Wildman–Crippen LogP) is 5.25. The predicted molar refractivity (Wildman–Crippen MR) is 86.6 cm³/mol. The standard InChI is InChI=1S/C15H21Cl2NS/c1-11-3-2-4-12(9-11)18-7-8-19-13-5-6-14(16)15(17)10-13/h5-6,10-12,18H,2-4,7-9H2,1H3. The van der Waals surface area contributed by atoms with E-state index in [1.807, 2.05) is 30.0 Å². The number of benzene rings is 1. The third-order valence-electron chi connectivity index (χ3n) is 3.63. The zero-order valence-electron chi connectivity index (χ0n) is 11.3. The monoisotopic (exact) mass is 317 g/mol. The maximum absolute atomic E-state index is 6.00. The van der Waals surface area contributed by atoms with Crippen LogP contribution >= 0.6 is 35.0 Å². The van der Waals surface area contributed by atoms with E-state index in [4.69, 9.17) is 23.2 Å². The summed E-state index contributed by atoms with van der Waals surface area (Å²) in [5, 5.41) is 4.93. The fourth-order valence-corrected chi connectivity index (χ4v) is 3.80. The maximum Gasteiger partial charge on any atom is 0.0603 e. The number of rotatable bonds is 5. The highest BCUT2D eigenvalue weighted by Gasteiger charge is 2.17. The molecule has 0 radical (unpaired) electrons. The summed E-state index contributed by atoms with van der Waals surface area (Å²) in [4.78, 5) is 1.19. The highest BCUT2D eigenvalue weighted by molar-refractivity contribution is 7.99. The Bertz CT molecular complexity index is 411. The number of nitrogens with one attached hydrogen (secondary N) is 1. The van der Waals surface area contributed by atoms with Crippen molar-refractivity contribution in [3.05, 3.63) is 28.2 Å². The van der Waals surface area contributed by atoms with Gasteiger partial charge in [0.1, 0.15) is 0 Å². The molecule has 0 saturated heterocycles. The summed E-state index contributed by atoms with van der Waals surface area (Å²) in [7, 11) is 0. The smallest absolute Gasteiger partial charge is 0.0603 e. The van der Waals surface area contributed by atoms with Gasteiger partial charge in [0.05, 0.1) is 10.0 Å². The first kappa shape index (κ1) is 15.5. The Morgan fingerprint density at radius 3 is 2.84 bits per heavy atom. The molecule has 0 aromatic heterocycles. The summed E-state index contributed by atoms with van der Waals surface area (Å²) < 4.78 is 0. The van der Waals surface area contributed by atoms with Gasteiger partial charge in [0.25, 0.3) is 0 Å². The second-order valence-electron chi connectivity index (χ2n) is 5.35. The second-order valence-corrected chi connectivity index (χ2v) is 7.33. The minimum absolute atomic E-state index is 0.625. The lowest BCUT2D eigenvalue weighted by Crippen LogP contribution is -2.34. The molecule has 2 atom stereocenters. The molecule has 0 heterocycles. The van der Waals surface area contributed by atoms with Crippen LogP contribution in [0.25, 0.3) is 0 Å². The van der Waals surface area contributed by atoms with Crippen LogP contribution in [0.1, 0.15) is 32.6 Å². The quantitative estimate of drug-likeness (QED) is 0.587. The van der Waals surface area contributed by atoms with E-state index in [9.17, 15) is 0 Å². The Morgan fingerprint density at radius 2 is 2.11 bits per heavy atom. The Morgan fingerprint density at radius 1 is 1.26 bits per heavy atom. The van der Waals surface area contributed by atoms with Crippen LogP contribution in [0.15, 0.2) is 23.1 Å². The van der Waals surface area contributed by atoms with Crippen LogP contribution in [-0.2, 0) is 0 Å². The first-order valence-electron chi connectivity index (χ1n) is 6.96. The number of hydrogen-bond donors (Lipinski definition) is 1. The van der Waals surface area contributed by atoms with Crippen LogP contribution in [0.5, 0.6) is 0 Å². The van der Waals surface area contributed by atoms with Crippen LogP contribution in [0, 0.1) is 5.92 Å². The van der Waals surface area contributed by atoms with E-state index in [0.29, 0.717) is 10.0 Å². The lowest BCUT2D eigenvalue weighted by atomic mass is 9.87. The second kappa shape index (κ2) is 7.78. The first-order valence-corrected chi connectivity index (χ1v) is 8.70. The zero-order valence-corrected chi connectivity index (χ0v) is 13.6. The van der Waals surface area contributed by atoms with Crippen molar-refractivity contribution >= 4 is 35.0 Å². The lowest BCUT2D eigenvalue weighted by Gasteiger charge is -2.27. The topological polar surface area (TPSA) is 12.0 Å². The van der Waals surface area contributed by atoms with Gasteiger partial charge < -0.3 is 5.32 Å². The van der Waals surface area contributed by atoms with E-state index in [1.54, 1.807) is 0 Å². The van der Waals surface area contributed by atoms with Crippen molar-refractivity contribution in [2.75, 3.05) is 12.3 Å². The molecule has 4 heteroatoms. The highest BCUT2D eigenvalue weighted by Crippen LogP contribution is 2.28. The molecule has 1 saturated carbocycles. The molecule has 0 bridgehead atoms. The van der Waals surface area contributed by atoms with Crippen molar-refractivity contribution in [2.24, 2.45) is 5.92 Å². The molecular formula is C15H21Cl2NS. The molecule has 1 aliphatic carbocycles. The Balaban J connectivity index is 1.67. The fourth-order valence-electron chi connectivity index (χ4n) is 2.62. The molecule has 1 aromatic rings. The summed E-state index contributed by atoms with van der Waals surface area (Å²) in [5.74, 6) is 1.96. The van der Waals surface area contributed by atoms with E-state index in [2.05, 4.69) is 12.2 Å². The molecule has 1 nitrogen and oxygen atoms in total. The number of thioether (sulfide) groups is 1. The third kappa shape index (κ3) is 5.18. The van der Waals surface area contributed by atoms with Gasteiger partial charge in [-0.25, -0.2) is 0 Å². The number of hydrogen-bond acceptors (Lipinski definition) is 2. The van der Waals surface area contributed by atoms with E-state index < -0.39 is 0 Å². The third-order valence-corrected chi connectivity index (χ3v) is 5.37. The van der Waals surface area contributed by atoms with Gasteiger partial charge >= 0.3 is 0 Å². The van der Waals surface area contributed by atoms with Crippen molar-refractivity contribution in [3.63, 3.8) is 0 Å². The van der Waals surface area contributed by atoms with Crippen molar-refractivity contribution < 1.29 is 0 Å². The minimum atomic E-state index is 0.625. The molecule has 0 spiro atoms. The lowest BCUT2D eigenvalue weighted by molar-refractivity contribution is 0.306. The van der Waals surface area contributed by atoms with Gasteiger partial charge in [0.2, 0.25) is 0 Å². The minimum Gasteiger partial charge on any atom is -0.313 e. The summed E-state index contributed by atoms with van der Waals surface area (Å²) in [6.07, 6.45) is 5.44. The molecular weight excluding hydrogens is 297 g/mol. The van der Waals surface area contributed by atoms with E-state index >= 15 is 0 Å². The van der Waals surface area contributed by atoms with Crippen LogP contribution in [0.2, 0.25) is 10.0 Å². The SMILES string of the molecule is CC1CCCC(NCCSc2ccc(Cl)c(Cl)c2)C1. The van der Waals surface area contributed by atoms with Crippen molar-refractivity contribution in [2.45, 2.75) is 43.5 Å². The van der Waals surface area contributed by atoms with Gasteiger partial charge in [0.15, 0.2) is 0 Å². The highest BCUT2D eigenvalue weighted by atomic mass is 35.5. The van der Waals surface area contributed by atoms with E-state index in [1.165, 1.54) is 30.6 Å². The molecule has 1 fully saturated rings. The van der Waals surface area contributed by atoms with Crippen LogP contribution < -0.4 is 5.32 Å². The van der Waals surface area contributed by atoms with Crippen LogP contribution in [-0.4, -0.2) is 18.3 Å². The molecule has 0 aliphatic heterocycles. The molecule has 2 rings (SSSR count). The summed E-state index contributed by atoms with van der Waals surface area (Å²) in [5.41, 5.74) is 0. The van der Waals surface area contributed by atoms with Gasteiger partial charge in [-0.05, 0) is 37.0 Å². The normalized spacial score (nSPS) is 23.5. The van der Waals surface area contributed by atoms with Gasteiger partial charge in [-0.15, -0.1) is 11.8 Å². The Hall–Kier alpha value is 0.110. The van der Waals surface area contributed by atoms with Crippen molar-refractivity contribution in [1.29, 1.82) is 0 Å². The van der Waals surface area contributed by atoms with Crippen LogP contribution in [0.4, 0.5) is 0 Å². The van der Waals surface area contributed by atoms with Crippen molar-refractivity contribution in [3.8, 4) is 0 Å². The average molecular weight is 318 g/mol.